The van der Waals surface area contributed by atoms with Crippen molar-refractivity contribution in [3.8, 4) is 6.01 Å². The maximum absolute atomic E-state index is 12.5. The van der Waals surface area contributed by atoms with Crippen molar-refractivity contribution in [2.75, 3.05) is 69.3 Å². The van der Waals surface area contributed by atoms with E-state index in [2.05, 4.69) is 75.6 Å². The van der Waals surface area contributed by atoms with Crippen molar-refractivity contribution in [1.29, 1.82) is 0 Å². The van der Waals surface area contributed by atoms with Crippen LogP contribution >= 0.6 is 0 Å². The highest BCUT2D eigenvalue weighted by Gasteiger charge is 2.35. The minimum Gasteiger partial charge on any atom is -0.463 e. The van der Waals surface area contributed by atoms with Crippen LogP contribution in [0.5, 0.6) is 6.01 Å². The largest absolute Gasteiger partial charge is 0.463 e. The third-order valence-corrected chi connectivity index (χ3v) is 8.84. The van der Waals surface area contributed by atoms with E-state index in [0.717, 1.165) is 49.6 Å². The highest BCUT2D eigenvalue weighted by atomic mass is 16.5. The number of carbonyl (C=O) groups is 1. The molecular formula is C33H39N7O2. The van der Waals surface area contributed by atoms with Crippen molar-refractivity contribution in [1.82, 2.24) is 19.8 Å². The number of likely N-dealkylation sites (tertiary alicyclic amines) is 1. The lowest BCUT2D eigenvalue weighted by Gasteiger charge is -2.41. The SMILES string of the molecule is [C-]#[N+]CC1CN(c2nc(OC[C@@H]3CCCN(C)C3)nc3c2CCN(c2cccc4ccccc24)C3)CCN1C(=O)C=C. The topological polar surface area (TPSA) is 69.4 Å². The van der Waals surface area contributed by atoms with Crippen LogP contribution in [0.3, 0.4) is 0 Å². The van der Waals surface area contributed by atoms with E-state index >= 15 is 0 Å². The molecule has 9 heteroatoms. The van der Waals surface area contributed by atoms with Crippen molar-refractivity contribution in [2.24, 2.45) is 5.92 Å². The molecular weight excluding hydrogens is 526 g/mol. The van der Waals surface area contributed by atoms with Crippen LogP contribution in [0.4, 0.5) is 11.5 Å². The number of nitrogens with zero attached hydrogens (tertiary/aromatic N) is 7. The van der Waals surface area contributed by atoms with E-state index in [1.54, 1.807) is 4.90 Å². The summed E-state index contributed by atoms with van der Waals surface area (Å²) in [5.74, 6) is 1.21. The molecule has 0 radical (unpaired) electrons. The van der Waals surface area contributed by atoms with Crippen LogP contribution in [0.2, 0.25) is 0 Å². The monoisotopic (exact) mass is 565 g/mol. The minimum atomic E-state index is -0.217. The van der Waals surface area contributed by atoms with Crippen LogP contribution in [0, 0.1) is 12.5 Å². The fourth-order valence-electron chi connectivity index (χ4n) is 6.72. The Balaban J connectivity index is 1.31. The number of carbonyl (C=O) groups excluding carboxylic acids is 1. The van der Waals surface area contributed by atoms with Gasteiger partial charge in [0, 0.05) is 55.3 Å². The van der Waals surface area contributed by atoms with Crippen LogP contribution in [0.1, 0.15) is 24.1 Å². The predicted molar refractivity (Wildman–Crippen MR) is 166 cm³/mol. The van der Waals surface area contributed by atoms with Gasteiger partial charge in [0.25, 0.3) is 0 Å². The number of anilines is 2. The smallest absolute Gasteiger partial charge is 0.318 e. The Hall–Kier alpha value is -4.16. The fraction of sp³-hybridized carbons (Fsp3) is 0.455. The van der Waals surface area contributed by atoms with Crippen LogP contribution in [0.15, 0.2) is 55.1 Å². The maximum Gasteiger partial charge on any atom is 0.318 e. The fourth-order valence-corrected chi connectivity index (χ4v) is 6.72. The summed E-state index contributed by atoms with van der Waals surface area (Å²) in [6, 6.07) is 15.2. The summed E-state index contributed by atoms with van der Waals surface area (Å²) in [5.41, 5.74) is 3.34. The van der Waals surface area contributed by atoms with Crippen LogP contribution in [0.25, 0.3) is 15.6 Å². The van der Waals surface area contributed by atoms with Crippen molar-refractivity contribution in [3.63, 3.8) is 0 Å². The third-order valence-electron chi connectivity index (χ3n) is 8.84. The maximum atomic E-state index is 12.5. The van der Waals surface area contributed by atoms with E-state index in [1.807, 2.05) is 0 Å². The van der Waals surface area contributed by atoms with E-state index in [-0.39, 0.29) is 18.5 Å². The summed E-state index contributed by atoms with van der Waals surface area (Å²) in [6.07, 6.45) is 4.47. The molecule has 6 rings (SSSR count). The first-order valence-electron chi connectivity index (χ1n) is 15.0. The van der Waals surface area contributed by atoms with E-state index in [1.165, 1.54) is 29.0 Å². The zero-order valence-electron chi connectivity index (χ0n) is 24.4. The summed E-state index contributed by atoms with van der Waals surface area (Å²) in [4.78, 5) is 35.0. The number of hydrogen-bond donors (Lipinski definition) is 0. The first-order chi connectivity index (χ1) is 20.5. The van der Waals surface area contributed by atoms with E-state index in [9.17, 15) is 4.79 Å². The van der Waals surface area contributed by atoms with Crippen molar-refractivity contribution in [3.05, 3.63) is 77.8 Å². The lowest BCUT2D eigenvalue weighted by molar-refractivity contribution is -0.128. The molecule has 0 spiro atoms. The molecule has 42 heavy (non-hydrogen) atoms. The van der Waals surface area contributed by atoms with E-state index in [4.69, 9.17) is 21.3 Å². The Kier molecular flexibility index (Phi) is 8.24. The number of benzene rings is 2. The molecule has 4 heterocycles. The van der Waals surface area contributed by atoms with Gasteiger partial charge in [0.15, 0.2) is 0 Å². The van der Waals surface area contributed by atoms with Gasteiger partial charge in [0.2, 0.25) is 12.5 Å². The van der Waals surface area contributed by atoms with Gasteiger partial charge in [0.1, 0.15) is 11.9 Å². The Morgan fingerprint density at radius 2 is 1.95 bits per heavy atom. The normalized spacial score (nSPS) is 21.1. The van der Waals surface area contributed by atoms with Crippen molar-refractivity contribution >= 4 is 28.2 Å². The quantitative estimate of drug-likeness (QED) is 0.317. The number of piperidine rings is 1. The molecule has 0 bridgehead atoms. The molecule has 2 aromatic carbocycles. The lowest BCUT2D eigenvalue weighted by Crippen LogP contribution is -2.56. The van der Waals surface area contributed by atoms with Crippen molar-refractivity contribution in [2.45, 2.75) is 31.8 Å². The van der Waals surface area contributed by atoms with Crippen LogP contribution in [-0.4, -0.2) is 91.2 Å². The van der Waals surface area contributed by atoms with Gasteiger partial charge < -0.3 is 29.2 Å². The molecule has 3 aliphatic heterocycles. The number of rotatable bonds is 7. The predicted octanol–water partition coefficient (Wildman–Crippen LogP) is 4.04. The first-order valence-corrected chi connectivity index (χ1v) is 15.0. The molecule has 1 amide bonds. The number of piperazine rings is 1. The second-order valence-electron chi connectivity index (χ2n) is 11.7. The van der Waals surface area contributed by atoms with Gasteiger partial charge in [-0.1, -0.05) is 43.0 Å². The van der Waals surface area contributed by atoms with Crippen molar-refractivity contribution < 1.29 is 9.53 Å². The third kappa shape index (κ3) is 5.77. The highest BCUT2D eigenvalue weighted by Crippen LogP contribution is 2.35. The molecule has 0 saturated carbocycles. The average molecular weight is 566 g/mol. The molecule has 2 fully saturated rings. The van der Waals surface area contributed by atoms with Gasteiger partial charge in [0.05, 0.1) is 18.8 Å². The molecule has 3 aromatic rings. The zero-order chi connectivity index (χ0) is 29.1. The van der Waals surface area contributed by atoms with Crippen LogP contribution < -0.4 is 14.5 Å². The standard InChI is InChI=1S/C33H39N7O2/c1-4-31(41)40-18-17-39(21-26(40)19-34-2)32-28-14-16-38(30-13-7-11-25-10-5-6-12-27(25)30)22-29(28)35-33(36-32)42-23-24-9-8-15-37(3)20-24/h4-7,10-13,24,26H,1,8-9,14-23H2,3H3/t24-,26?/m1/s1. The molecule has 2 atom stereocenters. The van der Waals surface area contributed by atoms with Gasteiger partial charge >= 0.3 is 6.01 Å². The second-order valence-corrected chi connectivity index (χ2v) is 11.7. The number of amides is 1. The van der Waals surface area contributed by atoms with Gasteiger partial charge in [-0.15, -0.1) is 0 Å². The molecule has 0 N–H and O–H groups in total. The Labute approximate surface area is 248 Å². The summed E-state index contributed by atoms with van der Waals surface area (Å²) in [7, 11) is 2.16. The number of aromatic nitrogens is 2. The second kappa shape index (κ2) is 12.4. The molecule has 3 aliphatic rings. The average Bonchev–Trinajstić information content (AvgIpc) is 3.02. The van der Waals surface area contributed by atoms with Crippen LogP contribution in [-0.2, 0) is 17.8 Å². The van der Waals surface area contributed by atoms with Gasteiger partial charge in [-0.25, -0.2) is 6.57 Å². The van der Waals surface area contributed by atoms with Gasteiger partial charge in [-0.3, -0.25) is 4.79 Å². The Morgan fingerprint density at radius 3 is 2.79 bits per heavy atom. The highest BCUT2D eigenvalue weighted by molar-refractivity contribution is 5.94. The molecule has 0 aliphatic carbocycles. The molecule has 9 nitrogen and oxygen atoms in total. The molecule has 2 saturated heterocycles. The number of hydrogen-bond acceptors (Lipinski definition) is 7. The minimum absolute atomic E-state index is 0.125. The number of fused-ring (bicyclic) bond motifs is 2. The first kappa shape index (κ1) is 28.0. The van der Waals surface area contributed by atoms with E-state index < -0.39 is 0 Å². The Bertz CT molecular complexity index is 1500. The molecule has 218 valence electrons. The lowest BCUT2D eigenvalue weighted by atomic mass is 10.00. The van der Waals surface area contributed by atoms with E-state index in [0.29, 0.717) is 44.7 Å². The molecule has 1 aromatic heterocycles. The van der Waals surface area contributed by atoms with Gasteiger partial charge in [-0.2, -0.15) is 9.97 Å². The summed E-state index contributed by atoms with van der Waals surface area (Å²) < 4.78 is 6.33. The molecule has 1 unspecified atom stereocenters. The zero-order valence-corrected chi connectivity index (χ0v) is 24.4. The van der Waals surface area contributed by atoms with Gasteiger partial charge in [-0.05, 0) is 50.4 Å². The number of ether oxygens (including phenoxy) is 1. The summed E-state index contributed by atoms with van der Waals surface area (Å²) in [6.45, 7) is 17.4. The Morgan fingerprint density at radius 1 is 1.10 bits per heavy atom. The summed E-state index contributed by atoms with van der Waals surface area (Å²) >= 11 is 0. The summed E-state index contributed by atoms with van der Waals surface area (Å²) in [5, 5.41) is 2.46.